The Labute approximate surface area is 103 Å². The molecule has 4 N–H and O–H groups in total. The number of hydrogen-bond acceptors (Lipinski definition) is 6. The fourth-order valence-corrected chi connectivity index (χ4v) is 1.75. The maximum atomic E-state index is 9.33. The lowest BCUT2D eigenvalue weighted by Crippen LogP contribution is -2.45. The molecular weight excluding hydrogens is 224 g/mol. The lowest BCUT2D eigenvalue weighted by atomic mass is 10.3. The Morgan fingerprint density at radius 1 is 0.824 bits per heavy atom. The Bertz CT molecular complexity index is 161. The molecule has 0 aromatic rings. The minimum absolute atomic E-state index is 0.0222. The molecule has 0 saturated heterocycles. The quantitative estimate of drug-likeness (QED) is 0.346. The zero-order valence-corrected chi connectivity index (χ0v) is 10.8. The Kier molecular flexibility index (Phi) is 9.62. The van der Waals surface area contributed by atoms with E-state index < -0.39 is 12.2 Å². The van der Waals surface area contributed by atoms with Crippen molar-refractivity contribution in [2.45, 2.75) is 26.1 Å². The molecule has 0 aliphatic rings. The first-order valence-corrected chi connectivity index (χ1v) is 6.02. The standard InChI is InChI=1S/C11H26N2O4/c1-10(16)7-12(3-5-14)9-13(4-6-15)8-11(2)17/h10-11,14-17H,3-9H2,1-2H3. The second kappa shape index (κ2) is 9.76. The van der Waals surface area contributed by atoms with Crippen LogP contribution in [0.5, 0.6) is 0 Å². The number of aliphatic hydroxyl groups is 4. The van der Waals surface area contributed by atoms with Crippen LogP contribution in [0.4, 0.5) is 0 Å². The van der Waals surface area contributed by atoms with Gasteiger partial charge in [-0.1, -0.05) is 0 Å². The second-order valence-corrected chi connectivity index (χ2v) is 4.44. The summed E-state index contributed by atoms with van der Waals surface area (Å²) >= 11 is 0. The molecule has 0 aliphatic heterocycles. The molecule has 17 heavy (non-hydrogen) atoms. The topological polar surface area (TPSA) is 87.4 Å². The van der Waals surface area contributed by atoms with Gasteiger partial charge in [-0.15, -0.1) is 0 Å². The first-order valence-electron chi connectivity index (χ1n) is 6.02. The van der Waals surface area contributed by atoms with E-state index in [0.29, 0.717) is 32.8 Å². The van der Waals surface area contributed by atoms with Crippen molar-refractivity contribution in [1.82, 2.24) is 9.80 Å². The molecule has 0 fully saturated rings. The highest BCUT2D eigenvalue weighted by atomic mass is 16.3. The van der Waals surface area contributed by atoms with Crippen molar-refractivity contribution in [3.8, 4) is 0 Å². The number of aliphatic hydroxyl groups excluding tert-OH is 4. The summed E-state index contributed by atoms with van der Waals surface area (Å²) in [4.78, 5) is 3.78. The highest BCUT2D eigenvalue weighted by molar-refractivity contribution is 4.65. The van der Waals surface area contributed by atoms with E-state index in [-0.39, 0.29) is 13.2 Å². The van der Waals surface area contributed by atoms with Gasteiger partial charge in [-0.3, -0.25) is 9.80 Å². The number of hydrogen-bond donors (Lipinski definition) is 4. The molecule has 0 aliphatic carbocycles. The highest BCUT2D eigenvalue weighted by Crippen LogP contribution is 1.98. The molecule has 0 radical (unpaired) electrons. The van der Waals surface area contributed by atoms with Gasteiger partial charge in [-0.25, -0.2) is 0 Å². The molecule has 0 aromatic carbocycles. The lowest BCUT2D eigenvalue weighted by molar-refractivity contribution is 0.0367. The Morgan fingerprint density at radius 3 is 1.41 bits per heavy atom. The molecule has 0 spiro atoms. The summed E-state index contributed by atoms with van der Waals surface area (Å²) < 4.78 is 0. The van der Waals surface area contributed by atoms with Gasteiger partial charge < -0.3 is 20.4 Å². The minimum atomic E-state index is -0.468. The summed E-state index contributed by atoms with van der Waals surface area (Å²) in [5, 5.41) is 36.5. The van der Waals surface area contributed by atoms with Crippen LogP contribution in [0.3, 0.4) is 0 Å². The second-order valence-electron chi connectivity index (χ2n) is 4.44. The lowest BCUT2D eigenvalue weighted by Gasteiger charge is -2.31. The molecule has 0 amide bonds. The smallest absolute Gasteiger partial charge is 0.0639 e. The summed E-state index contributed by atoms with van der Waals surface area (Å²) in [5.41, 5.74) is 0. The number of rotatable bonds is 10. The van der Waals surface area contributed by atoms with Gasteiger partial charge in [0.2, 0.25) is 0 Å². The molecule has 6 nitrogen and oxygen atoms in total. The van der Waals surface area contributed by atoms with Crippen molar-refractivity contribution in [2.24, 2.45) is 0 Å². The van der Waals surface area contributed by atoms with E-state index in [1.54, 1.807) is 13.8 Å². The zero-order valence-electron chi connectivity index (χ0n) is 10.8. The van der Waals surface area contributed by atoms with Crippen molar-refractivity contribution < 1.29 is 20.4 Å². The first kappa shape index (κ1) is 16.8. The van der Waals surface area contributed by atoms with Crippen LogP contribution < -0.4 is 0 Å². The summed E-state index contributed by atoms with van der Waals surface area (Å²) in [6.45, 7) is 5.79. The summed E-state index contributed by atoms with van der Waals surface area (Å²) in [7, 11) is 0. The third-order valence-corrected chi connectivity index (χ3v) is 2.28. The summed E-state index contributed by atoms with van der Waals surface area (Å²) in [6, 6.07) is 0. The fourth-order valence-electron chi connectivity index (χ4n) is 1.75. The van der Waals surface area contributed by atoms with E-state index in [4.69, 9.17) is 10.2 Å². The third kappa shape index (κ3) is 9.46. The minimum Gasteiger partial charge on any atom is -0.395 e. The van der Waals surface area contributed by atoms with Crippen molar-refractivity contribution in [3.63, 3.8) is 0 Å². The van der Waals surface area contributed by atoms with E-state index in [2.05, 4.69) is 0 Å². The van der Waals surface area contributed by atoms with Gasteiger partial charge in [0.1, 0.15) is 0 Å². The van der Waals surface area contributed by atoms with Gasteiger partial charge in [0, 0.05) is 26.2 Å². The van der Waals surface area contributed by atoms with Crippen molar-refractivity contribution in [1.29, 1.82) is 0 Å². The SMILES string of the molecule is CC(O)CN(CCO)CN(CCO)CC(C)O. The maximum Gasteiger partial charge on any atom is 0.0639 e. The van der Waals surface area contributed by atoms with E-state index in [9.17, 15) is 10.2 Å². The van der Waals surface area contributed by atoms with Crippen LogP contribution in [0.25, 0.3) is 0 Å². The average molecular weight is 250 g/mol. The Hall–Kier alpha value is -0.240. The van der Waals surface area contributed by atoms with Gasteiger partial charge in [-0.2, -0.15) is 0 Å². The van der Waals surface area contributed by atoms with Gasteiger partial charge in [0.05, 0.1) is 32.1 Å². The average Bonchev–Trinajstić information content (AvgIpc) is 2.16. The molecule has 0 heterocycles. The van der Waals surface area contributed by atoms with Crippen molar-refractivity contribution in [2.75, 3.05) is 46.1 Å². The first-order chi connectivity index (χ1) is 7.99. The van der Waals surface area contributed by atoms with Gasteiger partial charge in [0.25, 0.3) is 0 Å². The third-order valence-electron chi connectivity index (χ3n) is 2.28. The Balaban J connectivity index is 4.22. The predicted octanol–water partition coefficient (Wildman–Crippen LogP) is -1.71. The predicted molar refractivity (Wildman–Crippen MR) is 65.5 cm³/mol. The van der Waals surface area contributed by atoms with Crippen LogP contribution in [0, 0.1) is 0 Å². The zero-order chi connectivity index (χ0) is 13.3. The summed E-state index contributed by atoms with van der Waals surface area (Å²) in [5.74, 6) is 0. The Morgan fingerprint density at radius 2 is 1.18 bits per heavy atom. The van der Waals surface area contributed by atoms with E-state index in [1.807, 2.05) is 9.80 Å². The molecular formula is C11H26N2O4. The van der Waals surface area contributed by atoms with Crippen molar-refractivity contribution in [3.05, 3.63) is 0 Å². The number of nitrogens with zero attached hydrogens (tertiary/aromatic N) is 2. The molecule has 104 valence electrons. The van der Waals surface area contributed by atoms with Crippen molar-refractivity contribution >= 4 is 0 Å². The van der Waals surface area contributed by atoms with Crippen LogP contribution in [0.15, 0.2) is 0 Å². The van der Waals surface area contributed by atoms with Gasteiger partial charge in [-0.05, 0) is 13.8 Å². The molecule has 0 saturated carbocycles. The monoisotopic (exact) mass is 250 g/mol. The molecule has 0 rings (SSSR count). The van der Waals surface area contributed by atoms with Crippen LogP contribution in [0.2, 0.25) is 0 Å². The largest absolute Gasteiger partial charge is 0.395 e. The maximum absolute atomic E-state index is 9.33. The van der Waals surface area contributed by atoms with E-state index in [1.165, 1.54) is 0 Å². The normalized spacial score (nSPS) is 15.5. The fraction of sp³-hybridized carbons (Fsp3) is 1.00. The van der Waals surface area contributed by atoms with Gasteiger partial charge >= 0.3 is 0 Å². The van der Waals surface area contributed by atoms with E-state index >= 15 is 0 Å². The molecule has 0 bridgehead atoms. The van der Waals surface area contributed by atoms with Crippen LogP contribution >= 0.6 is 0 Å². The molecule has 2 unspecified atom stereocenters. The van der Waals surface area contributed by atoms with Gasteiger partial charge in [0.15, 0.2) is 0 Å². The van der Waals surface area contributed by atoms with E-state index in [0.717, 1.165) is 0 Å². The van der Waals surface area contributed by atoms with Crippen LogP contribution in [0.1, 0.15) is 13.8 Å². The summed E-state index contributed by atoms with van der Waals surface area (Å²) in [6.07, 6.45) is -0.937. The highest BCUT2D eigenvalue weighted by Gasteiger charge is 2.14. The molecule has 6 heteroatoms. The molecule has 0 aromatic heterocycles. The van der Waals surface area contributed by atoms with Crippen LogP contribution in [-0.4, -0.2) is 88.5 Å². The molecule has 2 atom stereocenters. The van der Waals surface area contributed by atoms with Crippen LogP contribution in [-0.2, 0) is 0 Å².